The maximum absolute atomic E-state index is 7.54. The molecule has 1 aromatic rings. The molecule has 1 aliphatic heterocycles. The van der Waals surface area contributed by atoms with E-state index < -0.39 is 0 Å². The highest BCUT2D eigenvalue weighted by Gasteiger charge is 2.31. The van der Waals surface area contributed by atoms with Gasteiger partial charge in [0, 0.05) is 25.6 Å². The summed E-state index contributed by atoms with van der Waals surface area (Å²) in [5, 5.41) is 7.54. The zero-order valence-electron chi connectivity index (χ0n) is 9.69. The van der Waals surface area contributed by atoms with Gasteiger partial charge in [-0.15, -0.1) is 0 Å². The molecule has 0 aliphatic carbocycles. The number of benzene rings is 1. The van der Waals surface area contributed by atoms with Crippen molar-refractivity contribution in [3.63, 3.8) is 0 Å². The van der Waals surface area contributed by atoms with Crippen LogP contribution in [-0.2, 0) is 6.54 Å². The predicted molar refractivity (Wildman–Crippen MR) is 66.3 cm³/mol. The first-order valence-corrected chi connectivity index (χ1v) is 5.77. The fraction of sp³-hybridized carbons (Fsp3) is 0.462. The summed E-state index contributed by atoms with van der Waals surface area (Å²) in [5.41, 5.74) is 6.93. The maximum atomic E-state index is 7.54. The number of hydrogen-bond acceptors (Lipinski definition) is 2. The molecule has 0 radical (unpaired) electrons. The smallest absolute Gasteiger partial charge is 0.0953 e. The second-order valence-electron chi connectivity index (χ2n) is 4.72. The van der Waals surface area contributed by atoms with Crippen molar-refractivity contribution in [3.8, 4) is 0 Å². The van der Waals surface area contributed by atoms with Crippen LogP contribution in [0, 0.1) is 17.2 Å². The number of amidine groups is 1. The highest BCUT2D eigenvalue weighted by molar-refractivity contribution is 5.80. The highest BCUT2D eigenvalue weighted by Crippen LogP contribution is 2.24. The second kappa shape index (κ2) is 4.66. The molecule has 3 N–H and O–H groups in total. The molecule has 2 rings (SSSR count). The van der Waals surface area contributed by atoms with Crippen LogP contribution in [-0.4, -0.2) is 23.8 Å². The molecule has 0 unspecified atom stereocenters. The molecule has 2 atom stereocenters. The van der Waals surface area contributed by atoms with E-state index in [0.717, 1.165) is 19.6 Å². The molecule has 1 aliphatic rings. The molecule has 86 valence electrons. The van der Waals surface area contributed by atoms with Crippen LogP contribution in [0.3, 0.4) is 0 Å². The molecule has 0 spiro atoms. The maximum Gasteiger partial charge on any atom is 0.0953 e. The van der Waals surface area contributed by atoms with Gasteiger partial charge >= 0.3 is 0 Å². The second-order valence-corrected chi connectivity index (χ2v) is 4.72. The number of nitrogens with one attached hydrogen (secondary N) is 1. The van der Waals surface area contributed by atoms with E-state index in [9.17, 15) is 0 Å². The lowest BCUT2D eigenvalue weighted by Crippen LogP contribution is -2.28. The fourth-order valence-electron chi connectivity index (χ4n) is 2.44. The van der Waals surface area contributed by atoms with E-state index in [2.05, 4.69) is 36.1 Å². The SMILES string of the molecule is C[C@@H]1CN(Cc2ccccc2)C[C@@H]1C(=N)N. The van der Waals surface area contributed by atoms with Crippen molar-refractivity contribution >= 4 is 5.84 Å². The van der Waals surface area contributed by atoms with Gasteiger partial charge in [-0.3, -0.25) is 10.3 Å². The number of nitrogens with zero attached hydrogens (tertiary/aromatic N) is 1. The lowest BCUT2D eigenvalue weighted by atomic mass is 9.97. The van der Waals surface area contributed by atoms with E-state index in [1.54, 1.807) is 0 Å². The average Bonchev–Trinajstić information content (AvgIpc) is 2.61. The summed E-state index contributed by atoms with van der Waals surface area (Å²) in [6, 6.07) is 10.5. The number of hydrogen-bond donors (Lipinski definition) is 2. The number of rotatable bonds is 3. The standard InChI is InChI=1S/C13H19N3/c1-10-7-16(9-12(10)13(14)15)8-11-5-3-2-4-6-11/h2-6,10,12H,7-9H2,1H3,(H3,14,15)/t10-,12+/m1/s1. The van der Waals surface area contributed by atoms with Crippen molar-refractivity contribution in [2.24, 2.45) is 17.6 Å². The molecule has 1 aromatic carbocycles. The molecular weight excluding hydrogens is 198 g/mol. The summed E-state index contributed by atoms with van der Waals surface area (Å²) in [7, 11) is 0. The minimum atomic E-state index is 0.240. The largest absolute Gasteiger partial charge is 0.387 e. The van der Waals surface area contributed by atoms with E-state index in [4.69, 9.17) is 11.1 Å². The van der Waals surface area contributed by atoms with Crippen LogP contribution in [0.2, 0.25) is 0 Å². The molecule has 0 bridgehead atoms. The van der Waals surface area contributed by atoms with Crippen LogP contribution < -0.4 is 5.73 Å². The Kier molecular flexibility index (Phi) is 3.25. The summed E-state index contributed by atoms with van der Waals surface area (Å²) in [4.78, 5) is 2.38. The Morgan fingerprint density at radius 1 is 1.38 bits per heavy atom. The van der Waals surface area contributed by atoms with Crippen molar-refractivity contribution in [3.05, 3.63) is 35.9 Å². The third-order valence-electron chi connectivity index (χ3n) is 3.34. The molecule has 0 saturated carbocycles. The van der Waals surface area contributed by atoms with E-state index in [-0.39, 0.29) is 5.92 Å². The van der Waals surface area contributed by atoms with Gasteiger partial charge in [0.05, 0.1) is 5.84 Å². The van der Waals surface area contributed by atoms with Crippen LogP contribution in [0.15, 0.2) is 30.3 Å². The van der Waals surface area contributed by atoms with Crippen LogP contribution in [0.4, 0.5) is 0 Å². The summed E-state index contributed by atoms with van der Waals surface area (Å²) in [5.74, 6) is 1.08. The Bertz CT molecular complexity index is 361. The first-order valence-electron chi connectivity index (χ1n) is 5.77. The summed E-state index contributed by atoms with van der Waals surface area (Å²) < 4.78 is 0. The lowest BCUT2D eigenvalue weighted by Gasteiger charge is -2.15. The van der Waals surface area contributed by atoms with Crippen molar-refractivity contribution < 1.29 is 0 Å². The van der Waals surface area contributed by atoms with Gasteiger partial charge in [0.1, 0.15) is 0 Å². The first kappa shape index (κ1) is 11.1. The van der Waals surface area contributed by atoms with Gasteiger partial charge in [-0.1, -0.05) is 37.3 Å². The molecular formula is C13H19N3. The highest BCUT2D eigenvalue weighted by atomic mass is 15.2. The minimum absolute atomic E-state index is 0.240. The normalized spacial score (nSPS) is 25.8. The van der Waals surface area contributed by atoms with Crippen molar-refractivity contribution in [1.82, 2.24) is 4.90 Å². The topological polar surface area (TPSA) is 53.1 Å². The Balaban J connectivity index is 1.96. The zero-order valence-corrected chi connectivity index (χ0v) is 9.69. The monoisotopic (exact) mass is 217 g/mol. The molecule has 1 heterocycles. The number of likely N-dealkylation sites (tertiary alicyclic amines) is 1. The van der Waals surface area contributed by atoms with Gasteiger partial charge in [0.2, 0.25) is 0 Å². The molecule has 16 heavy (non-hydrogen) atoms. The number of nitrogens with two attached hydrogens (primary N) is 1. The zero-order chi connectivity index (χ0) is 11.5. The molecule has 0 amide bonds. The Hall–Kier alpha value is -1.35. The quantitative estimate of drug-likeness (QED) is 0.598. The molecule has 1 saturated heterocycles. The third kappa shape index (κ3) is 2.42. The lowest BCUT2D eigenvalue weighted by molar-refractivity contribution is 0.318. The van der Waals surface area contributed by atoms with E-state index in [1.165, 1.54) is 5.56 Å². The summed E-state index contributed by atoms with van der Waals surface area (Å²) in [6.45, 7) is 5.11. The van der Waals surface area contributed by atoms with Gasteiger partial charge in [0.25, 0.3) is 0 Å². The van der Waals surface area contributed by atoms with Crippen molar-refractivity contribution in [2.45, 2.75) is 13.5 Å². The Morgan fingerprint density at radius 3 is 2.62 bits per heavy atom. The average molecular weight is 217 g/mol. The van der Waals surface area contributed by atoms with Gasteiger partial charge in [-0.2, -0.15) is 0 Å². The van der Waals surface area contributed by atoms with Gasteiger partial charge in [-0.25, -0.2) is 0 Å². The molecule has 0 aromatic heterocycles. The Morgan fingerprint density at radius 2 is 2.06 bits per heavy atom. The van der Waals surface area contributed by atoms with E-state index >= 15 is 0 Å². The molecule has 3 heteroatoms. The van der Waals surface area contributed by atoms with Crippen LogP contribution >= 0.6 is 0 Å². The first-order chi connectivity index (χ1) is 7.66. The van der Waals surface area contributed by atoms with Crippen molar-refractivity contribution in [2.75, 3.05) is 13.1 Å². The van der Waals surface area contributed by atoms with Crippen LogP contribution in [0.1, 0.15) is 12.5 Å². The van der Waals surface area contributed by atoms with Gasteiger partial charge in [0.15, 0.2) is 0 Å². The van der Waals surface area contributed by atoms with Crippen LogP contribution in [0.5, 0.6) is 0 Å². The minimum Gasteiger partial charge on any atom is -0.387 e. The third-order valence-corrected chi connectivity index (χ3v) is 3.34. The van der Waals surface area contributed by atoms with E-state index in [1.807, 2.05) is 6.07 Å². The van der Waals surface area contributed by atoms with Gasteiger partial charge in [-0.05, 0) is 11.5 Å². The van der Waals surface area contributed by atoms with Gasteiger partial charge < -0.3 is 5.73 Å². The fourth-order valence-corrected chi connectivity index (χ4v) is 2.44. The predicted octanol–water partition coefficient (Wildman–Crippen LogP) is 1.69. The Labute approximate surface area is 96.8 Å². The molecule has 1 fully saturated rings. The van der Waals surface area contributed by atoms with Crippen LogP contribution in [0.25, 0.3) is 0 Å². The van der Waals surface area contributed by atoms with E-state index in [0.29, 0.717) is 11.8 Å². The summed E-state index contributed by atoms with van der Waals surface area (Å²) >= 11 is 0. The summed E-state index contributed by atoms with van der Waals surface area (Å²) in [6.07, 6.45) is 0. The molecule has 3 nitrogen and oxygen atoms in total. The van der Waals surface area contributed by atoms with Crippen molar-refractivity contribution in [1.29, 1.82) is 5.41 Å².